The van der Waals surface area contributed by atoms with E-state index in [9.17, 15) is 4.79 Å². The Kier molecular flexibility index (Phi) is 6.26. The molecule has 2 rings (SSSR count). The third kappa shape index (κ3) is 4.43. The van der Waals surface area contributed by atoms with Gasteiger partial charge in [-0.05, 0) is 57.7 Å². The zero-order valence-electron chi connectivity index (χ0n) is 12.6. The smallest absolute Gasteiger partial charge is 0.249 e. The Morgan fingerprint density at radius 2 is 2.05 bits per heavy atom. The second-order valence-electron chi connectivity index (χ2n) is 6.09. The van der Waals surface area contributed by atoms with Crippen molar-refractivity contribution in [2.45, 2.75) is 51.2 Å². The van der Waals surface area contributed by atoms with Crippen LogP contribution in [0.15, 0.2) is 0 Å². The lowest BCUT2D eigenvalue weighted by atomic mass is 9.96. The standard InChI is InChI=1S/C15H29N3O2/c1-2-7-18-8-5-12(6-9-18)11-17-15(19)14-4-3-13(10-16)20-14/h12-14H,2-11,16H2,1H3,(H,17,19)/t13-,14+/m1/s1. The maximum atomic E-state index is 12.0. The monoisotopic (exact) mass is 283 g/mol. The second-order valence-corrected chi connectivity index (χ2v) is 6.09. The molecule has 2 atom stereocenters. The molecule has 2 aliphatic rings. The summed E-state index contributed by atoms with van der Waals surface area (Å²) < 4.78 is 5.62. The van der Waals surface area contributed by atoms with Gasteiger partial charge in [0.1, 0.15) is 6.10 Å². The lowest BCUT2D eigenvalue weighted by molar-refractivity contribution is -0.132. The molecule has 0 bridgehead atoms. The molecular weight excluding hydrogens is 254 g/mol. The third-order valence-corrected chi connectivity index (χ3v) is 4.47. The number of rotatable bonds is 6. The van der Waals surface area contributed by atoms with Crippen LogP contribution in [0.1, 0.15) is 39.0 Å². The molecule has 20 heavy (non-hydrogen) atoms. The zero-order chi connectivity index (χ0) is 14.4. The van der Waals surface area contributed by atoms with Crippen molar-refractivity contribution in [1.82, 2.24) is 10.2 Å². The summed E-state index contributed by atoms with van der Waals surface area (Å²) in [6.07, 6.45) is 5.12. The van der Waals surface area contributed by atoms with Crippen LogP contribution in [0.25, 0.3) is 0 Å². The number of hydrogen-bond acceptors (Lipinski definition) is 4. The molecule has 116 valence electrons. The van der Waals surface area contributed by atoms with E-state index in [4.69, 9.17) is 10.5 Å². The summed E-state index contributed by atoms with van der Waals surface area (Å²) in [5.41, 5.74) is 5.56. The van der Waals surface area contributed by atoms with Crippen LogP contribution in [0.5, 0.6) is 0 Å². The Morgan fingerprint density at radius 1 is 1.30 bits per heavy atom. The summed E-state index contributed by atoms with van der Waals surface area (Å²) in [5.74, 6) is 0.677. The van der Waals surface area contributed by atoms with Gasteiger partial charge in [0.2, 0.25) is 5.91 Å². The molecule has 0 radical (unpaired) electrons. The Hall–Kier alpha value is -0.650. The maximum Gasteiger partial charge on any atom is 0.249 e. The summed E-state index contributed by atoms with van der Waals surface area (Å²) in [7, 11) is 0. The predicted octanol–water partition coefficient (Wildman–Crippen LogP) is 0.731. The van der Waals surface area contributed by atoms with Crippen molar-refractivity contribution in [1.29, 1.82) is 0 Å². The van der Waals surface area contributed by atoms with Crippen molar-refractivity contribution in [3.8, 4) is 0 Å². The van der Waals surface area contributed by atoms with Crippen LogP contribution in [-0.2, 0) is 9.53 Å². The molecule has 3 N–H and O–H groups in total. The van der Waals surface area contributed by atoms with E-state index in [0.717, 1.165) is 19.4 Å². The summed E-state index contributed by atoms with van der Waals surface area (Å²) in [5, 5.41) is 3.06. The van der Waals surface area contributed by atoms with Crippen LogP contribution < -0.4 is 11.1 Å². The summed E-state index contributed by atoms with van der Waals surface area (Å²) in [6.45, 7) is 7.08. The molecule has 0 aromatic heterocycles. The first-order valence-corrected chi connectivity index (χ1v) is 8.08. The van der Waals surface area contributed by atoms with Crippen LogP contribution in [-0.4, -0.2) is 55.7 Å². The van der Waals surface area contributed by atoms with Gasteiger partial charge >= 0.3 is 0 Å². The highest BCUT2D eigenvalue weighted by atomic mass is 16.5. The lowest BCUT2D eigenvalue weighted by Crippen LogP contribution is -2.41. The van der Waals surface area contributed by atoms with E-state index < -0.39 is 0 Å². The van der Waals surface area contributed by atoms with E-state index in [1.807, 2.05) is 0 Å². The van der Waals surface area contributed by atoms with Gasteiger partial charge in [0, 0.05) is 13.1 Å². The molecular formula is C15H29N3O2. The van der Waals surface area contributed by atoms with Crippen LogP contribution in [0.2, 0.25) is 0 Å². The topological polar surface area (TPSA) is 67.6 Å². The molecule has 0 aliphatic carbocycles. The van der Waals surface area contributed by atoms with Crippen molar-refractivity contribution < 1.29 is 9.53 Å². The number of hydrogen-bond donors (Lipinski definition) is 2. The average molecular weight is 283 g/mol. The highest BCUT2D eigenvalue weighted by molar-refractivity contribution is 5.81. The molecule has 0 saturated carbocycles. The number of nitrogens with two attached hydrogens (primary N) is 1. The highest BCUT2D eigenvalue weighted by Crippen LogP contribution is 2.20. The Balaban J connectivity index is 1.62. The molecule has 2 saturated heterocycles. The van der Waals surface area contributed by atoms with Crippen LogP contribution >= 0.6 is 0 Å². The number of carbonyl (C=O) groups excluding carboxylic acids is 1. The van der Waals surface area contributed by atoms with E-state index in [1.165, 1.54) is 38.9 Å². The van der Waals surface area contributed by atoms with Gasteiger partial charge in [-0.15, -0.1) is 0 Å². The zero-order valence-corrected chi connectivity index (χ0v) is 12.6. The van der Waals surface area contributed by atoms with Crippen molar-refractivity contribution in [2.24, 2.45) is 11.7 Å². The van der Waals surface area contributed by atoms with Gasteiger partial charge in [-0.25, -0.2) is 0 Å². The van der Waals surface area contributed by atoms with Gasteiger partial charge in [-0.3, -0.25) is 4.79 Å². The SMILES string of the molecule is CCCN1CCC(CNC(=O)[C@@H]2CC[C@H](CN)O2)CC1. The number of amides is 1. The number of nitrogens with one attached hydrogen (secondary N) is 1. The molecule has 2 aliphatic heterocycles. The number of likely N-dealkylation sites (tertiary alicyclic amines) is 1. The van der Waals surface area contributed by atoms with Crippen molar-refractivity contribution >= 4 is 5.91 Å². The van der Waals surface area contributed by atoms with Crippen molar-refractivity contribution in [2.75, 3.05) is 32.7 Å². The lowest BCUT2D eigenvalue weighted by Gasteiger charge is -2.31. The minimum Gasteiger partial charge on any atom is -0.364 e. The summed E-state index contributed by atoms with van der Waals surface area (Å²) in [4.78, 5) is 14.5. The van der Waals surface area contributed by atoms with Crippen molar-refractivity contribution in [3.05, 3.63) is 0 Å². The first-order valence-electron chi connectivity index (χ1n) is 8.08. The van der Waals surface area contributed by atoms with Gasteiger partial charge < -0.3 is 20.7 Å². The fraction of sp³-hybridized carbons (Fsp3) is 0.933. The van der Waals surface area contributed by atoms with E-state index in [1.54, 1.807) is 0 Å². The predicted molar refractivity (Wildman–Crippen MR) is 79.4 cm³/mol. The number of piperidine rings is 1. The van der Waals surface area contributed by atoms with Gasteiger partial charge in [0.25, 0.3) is 0 Å². The van der Waals surface area contributed by atoms with E-state index in [0.29, 0.717) is 12.5 Å². The molecule has 0 aromatic carbocycles. The first kappa shape index (κ1) is 15.7. The highest BCUT2D eigenvalue weighted by Gasteiger charge is 2.30. The van der Waals surface area contributed by atoms with E-state index >= 15 is 0 Å². The largest absolute Gasteiger partial charge is 0.364 e. The Bertz CT molecular complexity index is 303. The molecule has 0 aromatic rings. The quantitative estimate of drug-likeness (QED) is 0.754. The molecule has 5 nitrogen and oxygen atoms in total. The van der Waals surface area contributed by atoms with Gasteiger partial charge in [0.05, 0.1) is 6.10 Å². The summed E-state index contributed by atoms with van der Waals surface area (Å²) >= 11 is 0. The minimum atomic E-state index is -0.274. The van der Waals surface area contributed by atoms with Gasteiger partial charge in [0.15, 0.2) is 0 Å². The third-order valence-electron chi connectivity index (χ3n) is 4.47. The Labute approximate surface area is 122 Å². The molecule has 2 heterocycles. The van der Waals surface area contributed by atoms with E-state index in [-0.39, 0.29) is 18.1 Å². The number of carbonyl (C=O) groups is 1. The normalized spacial score (nSPS) is 28.7. The maximum absolute atomic E-state index is 12.0. The summed E-state index contributed by atoms with van der Waals surface area (Å²) in [6, 6.07) is 0. The van der Waals surface area contributed by atoms with Crippen LogP contribution in [0.4, 0.5) is 0 Å². The minimum absolute atomic E-state index is 0.0527. The van der Waals surface area contributed by atoms with Crippen LogP contribution in [0.3, 0.4) is 0 Å². The molecule has 5 heteroatoms. The molecule has 0 unspecified atom stereocenters. The van der Waals surface area contributed by atoms with Gasteiger partial charge in [-0.1, -0.05) is 6.92 Å². The Morgan fingerprint density at radius 3 is 2.65 bits per heavy atom. The average Bonchev–Trinajstić information content (AvgIpc) is 2.95. The first-order chi connectivity index (χ1) is 9.72. The fourth-order valence-corrected chi connectivity index (χ4v) is 3.16. The number of nitrogens with zero attached hydrogens (tertiary/aromatic N) is 1. The van der Waals surface area contributed by atoms with Gasteiger partial charge in [-0.2, -0.15) is 0 Å². The second kappa shape index (κ2) is 7.96. The molecule has 1 amide bonds. The molecule has 2 fully saturated rings. The van der Waals surface area contributed by atoms with Crippen molar-refractivity contribution in [3.63, 3.8) is 0 Å². The number of ether oxygens (including phenoxy) is 1. The van der Waals surface area contributed by atoms with E-state index in [2.05, 4.69) is 17.1 Å². The fourth-order valence-electron chi connectivity index (χ4n) is 3.16. The van der Waals surface area contributed by atoms with Crippen LogP contribution in [0, 0.1) is 5.92 Å². The molecule has 0 spiro atoms.